The van der Waals surface area contributed by atoms with Crippen molar-refractivity contribution in [2.24, 2.45) is 0 Å². The minimum absolute atomic E-state index is 0.185. The van der Waals surface area contributed by atoms with Crippen LogP contribution in [0.4, 0.5) is 0 Å². The molecule has 4 heteroatoms. The standard InChI is InChI=1S/C7H6O3.C4H8O/c1-2-6(8)10-7-4-3-5-9-7;1-2-4-5-3-1/h2-5H,1H2;1-4H2. The molecule has 15 heavy (non-hydrogen) atoms. The number of esters is 1. The molecule has 1 aliphatic heterocycles. The zero-order valence-electron chi connectivity index (χ0n) is 8.48. The third-order valence-electron chi connectivity index (χ3n) is 1.69. The van der Waals surface area contributed by atoms with Crippen molar-refractivity contribution in [2.45, 2.75) is 12.8 Å². The third-order valence-corrected chi connectivity index (χ3v) is 1.69. The number of furan rings is 1. The first-order valence-electron chi connectivity index (χ1n) is 4.78. The van der Waals surface area contributed by atoms with Crippen LogP contribution in [0.2, 0.25) is 0 Å². The summed E-state index contributed by atoms with van der Waals surface area (Å²) in [6.07, 6.45) is 5.05. The highest BCUT2D eigenvalue weighted by atomic mass is 16.6. The molecule has 0 atom stereocenters. The Kier molecular flexibility index (Phi) is 5.25. The molecule has 0 unspecified atom stereocenters. The van der Waals surface area contributed by atoms with Gasteiger partial charge in [-0.1, -0.05) is 6.58 Å². The van der Waals surface area contributed by atoms with E-state index in [4.69, 9.17) is 9.15 Å². The highest BCUT2D eigenvalue weighted by Crippen LogP contribution is 2.09. The van der Waals surface area contributed by atoms with E-state index in [1.165, 1.54) is 19.1 Å². The molecule has 82 valence electrons. The lowest BCUT2D eigenvalue weighted by atomic mass is 10.4. The molecule has 0 aromatic carbocycles. The average Bonchev–Trinajstić information content (AvgIpc) is 2.92. The maximum atomic E-state index is 10.5. The van der Waals surface area contributed by atoms with Crippen LogP contribution in [0, 0.1) is 0 Å². The highest BCUT2D eigenvalue weighted by molar-refractivity contribution is 5.82. The Hall–Kier alpha value is -1.55. The molecule has 2 rings (SSSR count). The van der Waals surface area contributed by atoms with Crippen molar-refractivity contribution in [3.8, 4) is 5.95 Å². The predicted molar refractivity (Wildman–Crippen MR) is 54.6 cm³/mol. The fourth-order valence-corrected chi connectivity index (χ4v) is 0.973. The van der Waals surface area contributed by atoms with Gasteiger partial charge in [-0.15, -0.1) is 0 Å². The van der Waals surface area contributed by atoms with Gasteiger partial charge in [0.2, 0.25) is 0 Å². The molecule has 0 radical (unpaired) electrons. The van der Waals surface area contributed by atoms with E-state index in [1.807, 2.05) is 0 Å². The topological polar surface area (TPSA) is 48.7 Å². The molecule has 0 aliphatic carbocycles. The Morgan fingerprint density at radius 2 is 2.20 bits per heavy atom. The summed E-state index contributed by atoms with van der Waals surface area (Å²) >= 11 is 0. The van der Waals surface area contributed by atoms with Crippen LogP contribution in [0.1, 0.15) is 12.8 Å². The largest absolute Gasteiger partial charge is 0.434 e. The number of rotatable bonds is 2. The van der Waals surface area contributed by atoms with Crippen molar-refractivity contribution in [3.63, 3.8) is 0 Å². The second kappa shape index (κ2) is 6.84. The van der Waals surface area contributed by atoms with Crippen LogP contribution in [-0.2, 0) is 9.53 Å². The number of carbonyl (C=O) groups excluding carboxylic acids is 1. The molecule has 1 saturated heterocycles. The molecule has 0 saturated carbocycles. The van der Waals surface area contributed by atoms with Gasteiger partial charge in [-0.25, -0.2) is 4.79 Å². The Bertz CT molecular complexity index is 278. The van der Waals surface area contributed by atoms with E-state index < -0.39 is 5.97 Å². The van der Waals surface area contributed by atoms with Crippen LogP contribution < -0.4 is 4.74 Å². The summed E-state index contributed by atoms with van der Waals surface area (Å²) < 4.78 is 14.2. The molecule has 0 spiro atoms. The molecule has 4 nitrogen and oxygen atoms in total. The Labute approximate surface area is 88.5 Å². The molecule has 1 fully saturated rings. The summed E-state index contributed by atoms with van der Waals surface area (Å²) in [6.45, 7) is 5.22. The van der Waals surface area contributed by atoms with Gasteiger partial charge in [-0.05, 0) is 18.9 Å². The lowest BCUT2D eigenvalue weighted by Crippen LogP contribution is -2.01. The Morgan fingerprint density at radius 1 is 1.47 bits per heavy atom. The molecule has 1 aromatic rings. The smallest absolute Gasteiger partial charge is 0.337 e. The van der Waals surface area contributed by atoms with Gasteiger partial charge >= 0.3 is 5.97 Å². The quantitative estimate of drug-likeness (QED) is 0.554. The molecule has 1 aliphatic rings. The summed E-state index contributed by atoms with van der Waals surface area (Å²) in [4.78, 5) is 10.5. The van der Waals surface area contributed by atoms with Crippen LogP contribution in [0.3, 0.4) is 0 Å². The highest BCUT2D eigenvalue weighted by Gasteiger charge is 1.99. The number of carbonyl (C=O) groups is 1. The summed E-state index contributed by atoms with van der Waals surface area (Å²) in [6, 6.07) is 3.17. The molecule has 2 heterocycles. The second-order valence-corrected chi connectivity index (χ2v) is 2.88. The van der Waals surface area contributed by atoms with Gasteiger partial charge < -0.3 is 13.9 Å². The fourth-order valence-electron chi connectivity index (χ4n) is 0.973. The van der Waals surface area contributed by atoms with Gasteiger partial charge in [-0.3, -0.25) is 0 Å². The van der Waals surface area contributed by atoms with Crippen LogP contribution in [0.5, 0.6) is 5.95 Å². The van der Waals surface area contributed by atoms with Crippen LogP contribution >= 0.6 is 0 Å². The van der Waals surface area contributed by atoms with E-state index >= 15 is 0 Å². The third kappa shape index (κ3) is 5.02. The average molecular weight is 210 g/mol. The molecule has 0 bridgehead atoms. The normalized spacial score (nSPS) is 13.9. The molecule has 0 N–H and O–H groups in total. The first-order chi connectivity index (χ1) is 7.33. The molecular weight excluding hydrogens is 196 g/mol. The Balaban J connectivity index is 0.000000187. The van der Waals surface area contributed by atoms with Crippen molar-refractivity contribution < 1.29 is 18.7 Å². The van der Waals surface area contributed by atoms with Gasteiger partial charge in [0.05, 0.1) is 6.26 Å². The van der Waals surface area contributed by atoms with Gasteiger partial charge in [-0.2, -0.15) is 0 Å². The van der Waals surface area contributed by atoms with Crippen molar-refractivity contribution in [1.29, 1.82) is 0 Å². The van der Waals surface area contributed by atoms with E-state index in [-0.39, 0.29) is 5.95 Å². The fraction of sp³-hybridized carbons (Fsp3) is 0.364. The van der Waals surface area contributed by atoms with Crippen LogP contribution in [0.25, 0.3) is 0 Å². The number of ether oxygens (including phenoxy) is 2. The van der Waals surface area contributed by atoms with E-state index in [2.05, 4.69) is 11.3 Å². The SMILES string of the molecule is C1CCOC1.C=CC(=O)Oc1ccco1. The first-order valence-corrected chi connectivity index (χ1v) is 4.78. The summed E-state index contributed by atoms with van der Waals surface area (Å²) in [5, 5.41) is 0. The maximum absolute atomic E-state index is 10.5. The predicted octanol–water partition coefficient (Wildman–Crippen LogP) is 2.17. The van der Waals surface area contributed by atoms with Gasteiger partial charge in [0.15, 0.2) is 0 Å². The zero-order valence-corrected chi connectivity index (χ0v) is 8.48. The van der Waals surface area contributed by atoms with Gasteiger partial charge in [0.1, 0.15) is 0 Å². The first kappa shape index (κ1) is 11.5. The molecular formula is C11H14O4. The lowest BCUT2D eigenvalue weighted by Gasteiger charge is -1.91. The number of hydrogen-bond acceptors (Lipinski definition) is 4. The van der Waals surface area contributed by atoms with E-state index in [9.17, 15) is 4.79 Å². The van der Waals surface area contributed by atoms with Crippen LogP contribution in [0.15, 0.2) is 35.5 Å². The van der Waals surface area contributed by atoms with Crippen molar-refractivity contribution in [3.05, 3.63) is 31.1 Å². The van der Waals surface area contributed by atoms with Gasteiger partial charge in [0.25, 0.3) is 5.95 Å². The van der Waals surface area contributed by atoms with Crippen LogP contribution in [-0.4, -0.2) is 19.2 Å². The van der Waals surface area contributed by atoms with Gasteiger partial charge in [0, 0.05) is 25.4 Å². The van der Waals surface area contributed by atoms with Crippen molar-refractivity contribution in [1.82, 2.24) is 0 Å². The van der Waals surface area contributed by atoms with E-state index in [1.54, 1.807) is 12.1 Å². The number of hydrogen-bond donors (Lipinski definition) is 0. The minimum atomic E-state index is -0.519. The minimum Gasteiger partial charge on any atom is -0.434 e. The monoisotopic (exact) mass is 210 g/mol. The summed E-state index contributed by atoms with van der Waals surface area (Å²) in [5.74, 6) is -0.333. The Morgan fingerprint density at radius 3 is 2.60 bits per heavy atom. The van der Waals surface area contributed by atoms with Crippen molar-refractivity contribution >= 4 is 5.97 Å². The lowest BCUT2D eigenvalue weighted by molar-refractivity contribution is -0.130. The molecule has 1 aromatic heterocycles. The summed E-state index contributed by atoms with van der Waals surface area (Å²) in [5.41, 5.74) is 0. The summed E-state index contributed by atoms with van der Waals surface area (Å²) in [7, 11) is 0. The zero-order chi connectivity index (χ0) is 10.9. The second-order valence-electron chi connectivity index (χ2n) is 2.88. The van der Waals surface area contributed by atoms with Crippen molar-refractivity contribution in [2.75, 3.05) is 13.2 Å². The van der Waals surface area contributed by atoms with E-state index in [0.29, 0.717) is 0 Å². The van der Waals surface area contributed by atoms with E-state index in [0.717, 1.165) is 19.3 Å². The molecule has 0 amide bonds. The maximum Gasteiger partial charge on any atom is 0.337 e.